The number of aromatic nitrogens is 3. The molecule has 2 rings (SSSR count). The fraction of sp³-hybridized carbons (Fsp3) is 0.500. The van der Waals surface area contributed by atoms with Gasteiger partial charge in [0.15, 0.2) is 0 Å². The van der Waals surface area contributed by atoms with Gasteiger partial charge < -0.3 is 9.73 Å². The van der Waals surface area contributed by atoms with Crippen LogP contribution in [0.3, 0.4) is 0 Å². The van der Waals surface area contributed by atoms with Crippen molar-refractivity contribution in [3.63, 3.8) is 0 Å². The van der Waals surface area contributed by atoms with Gasteiger partial charge in [-0.1, -0.05) is 6.92 Å². The van der Waals surface area contributed by atoms with Gasteiger partial charge in [-0.3, -0.25) is 4.68 Å². The highest BCUT2D eigenvalue weighted by Crippen LogP contribution is 2.17. The molecule has 0 spiro atoms. The Morgan fingerprint density at radius 1 is 1.53 bits per heavy atom. The van der Waals surface area contributed by atoms with E-state index >= 15 is 0 Å². The molecule has 0 saturated carbocycles. The van der Waals surface area contributed by atoms with Gasteiger partial charge >= 0.3 is 0 Å². The van der Waals surface area contributed by atoms with Crippen molar-refractivity contribution in [1.82, 2.24) is 20.1 Å². The Balaban J connectivity index is 2.08. The van der Waals surface area contributed by atoms with Crippen LogP contribution in [-0.2, 0) is 13.5 Å². The summed E-state index contributed by atoms with van der Waals surface area (Å²) in [6.07, 6.45) is 6.99. The van der Waals surface area contributed by atoms with E-state index < -0.39 is 0 Å². The molecule has 0 aliphatic rings. The van der Waals surface area contributed by atoms with Crippen LogP contribution in [0.2, 0.25) is 0 Å². The van der Waals surface area contributed by atoms with Crippen molar-refractivity contribution in [2.75, 3.05) is 6.54 Å². The first-order valence-corrected chi connectivity index (χ1v) is 5.89. The van der Waals surface area contributed by atoms with Crippen LogP contribution < -0.4 is 5.32 Å². The van der Waals surface area contributed by atoms with E-state index in [9.17, 15) is 0 Å². The number of nitrogens with one attached hydrogen (secondary N) is 1. The topological polar surface area (TPSA) is 55.9 Å². The molecule has 5 nitrogen and oxygen atoms in total. The molecule has 1 N–H and O–H groups in total. The van der Waals surface area contributed by atoms with Gasteiger partial charge in [0, 0.05) is 25.1 Å². The van der Waals surface area contributed by atoms with E-state index in [-0.39, 0.29) is 6.04 Å². The van der Waals surface area contributed by atoms with Gasteiger partial charge in [0.1, 0.15) is 12.2 Å². The number of furan rings is 1. The zero-order chi connectivity index (χ0) is 12.1. The van der Waals surface area contributed by atoms with Gasteiger partial charge in [-0.05, 0) is 19.0 Å². The summed E-state index contributed by atoms with van der Waals surface area (Å²) in [4.78, 5) is 4.25. The van der Waals surface area contributed by atoms with Crippen molar-refractivity contribution in [3.8, 4) is 0 Å². The summed E-state index contributed by atoms with van der Waals surface area (Å²) in [5, 5.41) is 7.58. The molecule has 2 aromatic heterocycles. The van der Waals surface area contributed by atoms with Crippen LogP contribution in [0.4, 0.5) is 0 Å². The van der Waals surface area contributed by atoms with Crippen LogP contribution in [-0.4, -0.2) is 21.3 Å². The van der Waals surface area contributed by atoms with E-state index in [4.69, 9.17) is 4.42 Å². The molecule has 17 heavy (non-hydrogen) atoms. The zero-order valence-corrected chi connectivity index (χ0v) is 10.3. The first kappa shape index (κ1) is 11.9. The molecule has 0 aliphatic heterocycles. The standard InChI is InChI=1S/C12H18N4O/c1-3-5-13-11(10-4-6-17-8-10)7-12-14-9-15-16(12)2/h4,6,8-9,11,13H,3,5,7H2,1-2H3. The molecule has 92 valence electrons. The summed E-state index contributed by atoms with van der Waals surface area (Å²) >= 11 is 0. The second-order valence-corrected chi connectivity index (χ2v) is 4.07. The first-order chi connectivity index (χ1) is 8.31. The number of hydrogen-bond donors (Lipinski definition) is 1. The minimum Gasteiger partial charge on any atom is -0.472 e. The number of rotatable bonds is 6. The molecule has 0 saturated heterocycles. The Bertz CT molecular complexity index is 435. The molecule has 0 aliphatic carbocycles. The van der Waals surface area contributed by atoms with Crippen molar-refractivity contribution in [1.29, 1.82) is 0 Å². The SMILES string of the molecule is CCCNC(Cc1ncnn1C)c1ccoc1. The van der Waals surface area contributed by atoms with Crippen molar-refractivity contribution >= 4 is 0 Å². The molecule has 0 amide bonds. The highest BCUT2D eigenvalue weighted by atomic mass is 16.3. The fourth-order valence-corrected chi connectivity index (χ4v) is 1.79. The van der Waals surface area contributed by atoms with Crippen molar-refractivity contribution < 1.29 is 4.42 Å². The molecule has 2 heterocycles. The minimum absolute atomic E-state index is 0.233. The summed E-state index contributed by atoms with van der Waals surface area (Å²) in [6.45, 7) is 3.13. The minimum atomic E-state index is 0.233. The summed E-state index contributed by atoms with van der Waals surface area (Å²) in [6, 6.07) is 2.22. The Kier molecular flexibility index (Phi) is 3.93. The van der Waals surface area contributed by atoms with E-state index in [1.54, 1.807) is 23.5 Å². The quantitative estimate of drug-likeness (QED) is 0.826. The molecule has 0 radical (unpaired) electrons. The average Bonchev–Trinajstić information content (AvgIpc) is 2.96. The molecular weight excluding hydrogens is 216 g/mol. The Labute approximate surface area is 101 Å². The highest BCUT2D eigenvalue weighted by Gasteiger charge is 2.15. The van der Waals surface area contributed by atoms with Crippen LogP contribution in [0.5, 0.6) is 0 Å². The van der Waals surface area contributed by atoms with Gasteiger partial charge in [0.25, 0.3) is 0 Å². The van der Waals surface area contributed by atoms with Gasteiger partial charge in [-0.15, -0.1) is 0 Å². The third-order valence-electron chi connectivity index (χ3n) is 2.78. The molecular formula is C12H18N4O. The van der Waals surface area contributed by atoms with Crippen molar-refractivity contribution in [2.24, 2.45) is 7.05 Å². The largest absolute Gasteiger partial charge is 0.472 e. The third kappa shape index (κ3) is 2.94. The molecule has 5 heteroatoms. The van der Waals surface area contributed by atoms with Crippen LogP contribution in [0, 0.1) is 0 Å². The third-order valence-corrected chi connectivity index (χ3v) is 2.78. The normalized spacial score (nSPS) is 12.8. The molecule has 0 fully saturated rings. The summed E-state index contributed by atoms with van der Waals surface area (Å²) in [5.74, 6) is 0.972. The van der Waals surface area contributed by atoms with Gasteiger partial charge in [0.2, 0.25) is 0 Å². The molecule has 2 aromatic rings. The lowest BCUT2D eigenvalue weighted by Crippen LogP contribution is -2.24. The van der Waals surface area contributed by atoms with E-state index in [2.05, 4.69) is 22.3 Å². The smallest absolute Gasteiger partial charge is 0.138 e. The average molecular weight is 234 g/mol. The van der Waals surface area contributed by atoms with Gasteiger partial charge in [-0.2, -0.15) is 5.10 Å². The van der Waals surface area contributed by atoms with E-state index in [0.717, 1.165) is 30.8 Å². The maximum atomic E-state index is 5.14. The molecule has 1 unspecified atom stereocenters. The monoisotopic (exact) mass is 234 g/mol. The second kappa shape index (κ2) is 5.63. The fourth-order valence-electron chi connectivity index (χ4n) is 1.79. The maximum Gasteiger partial charge on any atom is 0.138 e. The van der Waals surface area contributed by atoms with Crippen LogP contribution in [0.1, 0.15) is 30.8 Å². The number of nitrogens with zero attached hydrogens (tertiary/aromatic N) is 3. The maximum absolute atomic E-state index is 5.14. The van der Waals surface area contributed by atoms with E-state index in [0.29, 0.717) is 0 Å². The van der Waals surface area contributed by atoms with Crippen LogP contribution in [0.15, 0.2) is 29.3 Å². The Morgan fingerprint density at radius 3 is 3.00 bits per heavy atom. The van der Waals surface area contributed by atoms with Gasteiger partial charge in [-0.25, -0.2) is 4.98 Å². The predicted molar refractivity (Wildman–Crippen MR) is 64.4 cm³/mol. The summed E-state index contributed by atoms with van der Waals surface area (Å²) < 4.78 is 6.95. The van der Waals surface area contributed by atoms with Gasteiger partial charge in [0.05, 0.1) is 12.5 Å². The van der Waals surface area contributed by atoms with E-state index in [1.165, 1.54) is 0 Å². The lowest BCUT2D eigenvalue weighted by Gasteiger charge is -2.16. The Morgan fingerprint density at radius 2 is 2.41 bits per heavy atom. The summed E-state index contributed by atoms with van der Waals surface area (Å²) in [7, 11) is 1.91. The van der Waals surface area contributed by atoms with Crippen molar-refractivity contribution in [2.45, 2.75) is 25.8 Å². The molecule has 0 aromatic carbocycles. The lowest BCUT2D eigenvalue weighted by atomic mass is 10.1. The van der Waals surface area contributed by atoms with Crippen molar-refractivity contribution in [3.05, 3.63) is 36.3 Å². The number of hydrogen-bond acceptors (Lipinski definition) is 4. The molecule has 1 atom stereocenters. The van der Waals surface area contributed by atoms with E-state index in [1.807, 2.05) is 13.1 Å². The zero-order valence-electron chi connectivity index (χ0n) is 10.3. The summed E-state index contributed by atoms with van der Waals surface area (Å²) in [5.41, 5.74) is 1.15. The Hall–Kier alpha value is -1.62. The first-order valence-electron chi connectivity index (χ1n) is 5.89. The van der Waals surface area contributed by atoms with Crippen LogP contribution in [0.25, 0.3) is 0 Å². The van der Waals surface area contributed by atoms with Crippen LogP contribution >= 0.6 is 0 Å². The molecule has 0 bridgehead atoms. The number of aryl methyl sites for hydroxylation is 1. The predicted octanol–water partition coefficient (Wildman–Crippen LogP) is 1.69. The highest BCUT2D eigenvalue weighted by molar-refractivity contribution is 5.13. The second-order valence-electron chi connectivity index (χ2n) is 4.07. The lowest BCUT2D eigenvalue weighted by molar-refractivity contribution is 0.495.